The molecule has 1 aliphatic rings. The second kappa shape index (κ2) is 3.88. The van der Waals surface area contributed by atoms with Crippen molar-refractivity contribution >= 4 is 5.78 Å². The first-order chi connectivity index (χ1) is 5.70. The molecule has 0 N–H and O–H groups in total. The Kier molecular flexibility index (Phi) is 3.07. The Balaban J connectivity index is 2.87. The van der Waals surface area contributed by atoms with Crippen LogP contribution in [0.3, 0.4) is 0 Å². The largest absolute Gasteiger partial charge is 0.294 e. The van der Waals surface area contributed by atoms with Crippen LogP contribution in [0.1, 0.15) is 46.5 Å². The zero-order valence-electron chi connectivity index (χ0n) is 8.31. The Morgan fingerprint density at radius 3 is 2.33 bits per heavy atom. The second-order valence-electron chi connectivity index (χ2n) is 3.59. The summed E-state index contributed by atoms with van der Waals surface area (Å²) in [4.78, 5) is 11.6. The van der Waals surface area contributed by atoms with Gasteiger partial charge in [-0.1, -0.05) is 26.3 Å². The van der Waals surface area contributed by atoms with Crippen molar-refractivity contribution < 1.29 is 4.79 Å². The van der Waals surface area contributed by atoms with E-state index in [1.54, 1.807) is 0 Å². The molecule has 0 radical (unpaired) electrons. The normalized spacial score (nSPS) is 23.4. The highest BCUT2D eigenvalue weighted by molar-refractivity contribution is 5.99. The fourth-order valence-corrected chi connectivity index (χ4v) is 1.94. The van der Waals surface area contributed by atoms with E-state index in [1.807, 2.05) is 6.92 Å². The van der Waals surface area contributed by atoms with Crippen molar-refractivity contribution in [1.82, 2.24) is 0 Å². The van der Waals surface area contributed by atoms with Crippen molar-refractivity contribution in [3.05, 3.63) is 11.1 Å². The number of allylic oxidation sites excluding steroid dienone is 2. The fourth-order valence-electron chi connectivity index (χ4n) is 1.94. The van der Waals surface area contributed by atoms with Gasteiger partial charge in [-0.2, -0.15) is 0 Å². The summed E-state index contributed by atoms with van der Waals surface area (Å²) in [6.45, 7) is 6.32. The number of Topliss-reactive ketones (excluding diaryl/α,β-unsaturated/α-hetero) is 1. The van der Waals surface area contributed by atoms with E-state index in [0.717, 1.165) is 31.3 Å². The molecule has 12 heavy (non-hydrogen) atoms. The standard InChI is InChI=1S/C11H18O/c1-4-9(5-2)10-7-6-8(3)11(10)12/h8H,4-7H2,1-3H3. The molecule has 0 heterocycles. The predicted octanol–water partition coefficient (Wildman–Crippen LogP) is 3.10. The highest BCUT2D eigenvalue weighted by Crippen LogP contribution is 2.30. The van der Waals surface area contributed by atoms with Gasteiger partial charge in [-0.15, -0.1) is 0 Å². The maximum atomic E-state index is 11.6. The highest BCUT2D eigenvalue weighted by Gasteiger charge is 2.26. The third-order valence-corrected chi connectivity index (χ3v) is 2.85. The molecule has 1 heteroatoms. The topological polar surface area (TPSA) is 17.1 Å². The van der Waals surface area contributed by atoms with Gasteiger partial charge >= 0.3 is 0 Å². The Bertz CT molecular complexity index is 207. The molecule has 0 amide bonds. The SMILES string of the molecule is CCC(CC)=C1CCC(C)C1=O. The minimum absolute atomic E-state index is 0.285. The third kappa shape index (κ3) is 1.60. The lowest BCUT2D eigenvalue weighted by Crippen LogP contribution is -2.04. The summed E-state index contributed by atoms with van der Waals surface area (Å²) in [7, 11) is 0. The summed E-state index contributed by atoms with van der Waals surface area (Å²) < 4.78 is 0. The summed E-state index contributed by atoms with van der Waals surface area (Å²) in [5.41, 5.74) is 2.52. The molecular weight excluding hydrogens is 148 g/mol. The predicted molar refractivity (Wildman–Crippen MR) is 51.0 cm³/mol. The van der Waals surface area contributed by atoms with Crippen molar-refractivity contribution in [1.29, 1.82) is 0 Å². The maximum absolute atomic E-state index is 11.6. The average Bonchev–Trinajstić information content (AvgIpc) is 2.38. The quantitative estimate of drug-likeness (QED) is 0.576. The van der Waals surface area contributed by atoms with Crippen LogP contribution in [0.15, 0.2) is 11.1 Å². The Morgan fingerprint density at radius 2 is 2.00 bits per heavy atom. The summed E-state index contributed by atoms with van der Waals surface area (Å²) in [5.74, 6) is 0.696. The molecule has 0 aromatic heterocycles. The molecule has 0 aliphatic heterocycles. The fraction of sp³-hybridized carbons (Fsp3) is 0.727. The molecule has 68 valence electrons. The van der Waals surface area contributed by atoms with Gasteiger partial charge in [0.25, 0.3) is 0 Å². The summed E-state index contributed by atoms with van der Waals surface area (Å²) in [5, 5.41) is 0. The highest BCUT2D eigenvalue weighted by atomic mass is 16.1. The van der Waals surface area contributed by atoms with Crippen molar-refractivity contribution in [2.24, 2.45) is 5.92 Å². The molecule has 1 aliphatic carbocycles. The van der Waals surface area contributed by atoms with Crippen molar-refractivity contribution in [3.8, 4) is 0 Å². The van der Waals surface area contributed by atoms with E-state index >= 15 is 0 Å². The summed E-state index contributed by atoms with van der Waals surface area (Å²) in [6.07, 6.45) is 4.18. The van der Waals surface area contributed by atoms with E-state index in [4.69, 9.17) is 0 Å². The zero-order chi connectivity index (χ0) is 9.14. The van der Waals surface area contributed by atoms with Gasteiger partial charge in [-0.25, -0.2) is 0 Å². The molecule has 1 atom stereocenters. The van der Waals surface area contributed by atoms with E-state index in [0.29, 0.717) is 5.78 Å². The van der Waals surface area contributed by atoms with Crippen LogP contribution in [0.5, 0.6) is 0 Å². The van der Waals surface area contributed by atoms with Gasteiger partial charge in [0, 0.05) is 5.92 Å². The van der Waals surface area contributed by atoms with Gasteiger partial charge in [0.1, 0.15) is 0 Å². The lowest BCUT2D eigenvalue weighted by atomic mass is 10.0. The van der Waals surface area contributed by atoms with Crippen molar-refractivity contribution in [3.63, 3.8) is 0 Å². The molecule has 0 bridgehead atoms. The first-order valence-corrected chi connectivity index (χ1v) is 4.95. The van der Waals surface area contributed by atoms with Crippen LogP contribution in [0, 0.1) is 5.92 Å². The minimum Gasteiger partial charge on any atom is -0.294 e. The monoisotopic (exact) mass is 166 g/mol. The summed E-state index contributed by atoms with van der Waals surface area (Å²) in [6, 6.07) is 0. The van der Waals surface area contributed by atoms with Crippen LogP contribution < -0.4 is 0 Å². The van der Waals surface area contributed by atoms with Crippen LogP contribution in [0.4, 0.5) is 0 Å². The van der Waals surface area contributed by atoms with Crippen LogP contribution in [0.25, 0.3) is 0 Å². The average molecular weight is 166 g/mol. The van der Waals surface area contributed by atoms with E-state index in [1.165, 1.54) is 5.57 Å². The molecule has 0 spiro atoms. The lowest BCUT2D eigenvalue weighted by molar-refractivity contribution is -0.117. The van der Waals surface area contributed by atoms with Gasteiger partial charge in [0.05, 0.1) is 0 Å². The molecule has 1 fully saturated rings. The van der Waals surface area contributed by atoms with Gasteiger partial charge in [0.2, 0.25) is 0 Å². The Morgan fingerprint density at radius 1 is 1.42 bits per heavy atom. The zero-order valence-corrected chi connectivity index (χ0v) is 8.31. The lowest BCUT2D eigenvalue weighted by Gasteiger charge is -2.04. The number of rotatable bonds is 2. The smallest absolute Gasteiger partial charge is 0.161 e. The van der Waals surface area contributed by atoms with Crippen LogP contribution in [0.2, 0.25) is 0 Å². The second-order valence-corrected chi connectivity index (χ2v) is 3.59. The Hall–Kier alpha value is -0.590. The van der Waals surface area contributed by atoms with Crippen molar-refractivity contribution in [2.45, 2.75) is 46.5 Å². The first-order valence-electron chi connectivity index (χ1n) is 4.95. The molecule has 1 saturated carbocycles. The van der Waals surface area contributed by atoms with Gasteiger partial charge < -0.3 is 0 Å². The number of hydrogen-bond acceptors (Lipinski definition) is 1. The minimum atomic E-state index is 0.285. The van der Waals surface area contributed by atoms with Gasteiger partial charge in [-0.3, -0.25) is 4.79 Å². The number of ketones is 1. The van der Waals surface area contributed by atoms with Crippen LogP contribution in [-0.4, -0.2) is 5.78 Å². The molecular formula is C11H18O. The van der Waals surface area contributed by atoms with E-state index in [2.05, 4.69) is 13.8 Å². The van der Waals surface area contributed by atoms with E-state index < -0.39 is 0 Å². The molecule has 0 saturated heterocycles. The molecule has 0 aromatic carbocycles. The third-order valence-electron chi connectivity index (χ3n) is 2.85. The maximum Gasteiger partial charge on any atom is 0.161 e. The number of hydrogen-bond donors (Lipinski definition) is 0. The first kappa shape index (κ1) is 9.50. The van der Waals surface area contributed by atoms with E-state index in [-0.39, 0.29) is 5.92 Å². The summed E-state index contributed by atoms with van der Waals surface area (Å²) >= 11 is 0. The molecule has 1 nitrogen and oxygen atoms in total. The van der Waals surface area contributed by atoms with Crippen LogP contribution in [-0.2, 0) is 4.79 Å². The molecule has 0 aromatic rings. The van der Waals surface area contributed by atoms with Gasteiger partial charge in [-0.05, 0) is 31.3 Å². The number of carbonyl (C=O) groups is 1. The molecule has 1 unspecified atom stereocenters. The van der Waals surface area contributed by atoms with Gasteiger partial charge in [0.15, 0.2) is 5.78 Å². The Labute approximate surface area is 74.9 Å². The van der Waals surface area contributed by atoms with Crippen LogP contribution >= 0.6 is 0 Å². The van der Waals surface area contributed by atoms with E-state index in [9.17, 15) is 4.79 Å². The van der Waals surface area contributed by atoms with Crippen molar-refractivity contribution in [2.75, 3.05) is 0 Å². The molecule has 1 rings (SSSR count). The number of carbonyl (C=O) groups excluding carboxylic acids is 1.